The van der Waals surface area contributed by atoms with Crippen LogP contribution in [0.15, 0.2) is 82.1 Å². The van der Waals surface area contributed by atoms with Crippen LogP contribution in [0, 0.1) is 13.8 Å². The molecule has 134 valence electrons. The largest absolute Gasteiger partial charge is 0.416 e. The first-order valence-corrected chi connectivity index (χ1v) is 9.86. The van der Waals surface area contributed by atoms with Crippen molar-refractivity contribution >= 4 is 11.8 Å². The summed E-state index contributed by atoms with van der Waals surface area (Å²) < 4.78 is 5.97. The summed E-state index contributed by atoms with van der Waals surface area (Å²) in [4.78, 5) is 1.14. The quantitative estimate of drug-likeness (QED) is 0.385. The van der Waals surface area contributed by atoms with Crippen molar-refractivity contribution in [1.82, 2.24) is 10.2 Å². The van der Waals surface area contributed by atoms with Gasteiger partial charge in [-0.15, -0.1) is 22.0 Å². The van der Waals surface area contributed by atoms with Gasteiger partial charge in [0.15, 0.2) is 0 Å². The number of aromatic nitrogens is 2. The van der Waals surface area contributed by atoms with E-state index < -0.39 is 0 Å². The molecule has 0 radical (unpaired) electrons. The van der Waals surface area contributed by atoms with Gasteiger partial charge in [0.2, 0.25) is 11.8 Å². The van der Waals surface area contributed by atoms with Crippen molar-refractivity contribution in [2.75, 3.05) is 0 Å². The van der Waals surface area contributed by atoms with Crippen LogP contribution in [0.25, 0.3) is 22.9 Å². The number of aryl methyl sites for hydroxylation is 2. The summed E-state index contributed by atoms with van der Waals surface area (Å²) in [5.41, 5.74) is 5.69. The van der Waals surface area contributed by atoms with Crippen molar-refractivity contribution in [3.8, 4) is 22.9 Å². The molecule has 1 aromatic heterocycles. The summed E-state index contributed by atoms with van der Waals surface area (Å²) >= 11 is 1.78. The van der Waals surface area contributed by atoms with Crippen LogP contribution < -0.4 is 0 Å². The van der Waals surface area contributed by atoms with Crippen LogP contribution in [0.1, 0.15) is 16.7 Å². The van der Waals surface area contributed by atoms with E-state index >= 15 is 0 Å². The van der Waals surface area contributed by atoms with Crippen molar-refractivity contribution in [2.24, 2.45) is 0 Å². The maximum absolute atomic E-state index is 5.97. The highest BCUT2D eigenvalue weighted by Crippen LogP contribution is 2.33. The monoisotopic (exact) mass is 372 g/mol. The van der Waals surface area contributed by atoms with Crippen LogP contribution in [-0.2, 0) is 5.75 Å². The Morgan fingerprint density at radius 3 is 2.11 bits per heavy atom. The summed E-state index contributed by atoms with van der Waals surface area (Å²) in [7, 11) is 0. The van der Waals surface area contributed by atoms with Gasteiger partial charge in [-0.3, -0.25) is 0 Å². The third-order valence-electron chi connectivity index (χ3n) is 4.36. The molecule has 0 unspecified atom stereocenters. The molecule has 0 N–H and O–H groups in total. The second-order valence-electron chi connectivity index (χ2n) is 6.55. The smallest absolute Gasteiger partial charge is 0.249 e. The molecule has 3 aromatic carbocycles. The van der Waals surface area contributed by atoms with Gasteiger partial charge >= 0.3 is 0 Å². The van der Waals surface area contributed by atoms with Crippen molar-refractivity contribution < 1.29 is 4.42 Å². The van der Waals surface area contributed by atoms with E-state index in [1.54, 1.807) is 11.8 Å². The number of hydrogen-bond acceptors (Lipinski definition) is 4. The molecule has 0 atom stereocenters. The Morgan fingerprint density at radius 2 is 1.37 bits per heavy atom. The van der Waals surface area contributed by atoms with Gasteiger partial charge in [-0.2, -0.15) is 0 Å². The number of thioether (sulfide) groups is 1. The fraction of sp³-hybridized carbons (Fsp3) is 0.130. The molecule has 0 saturated heterocycles. The lowest BCUT2D eigenvalue weighted by Gasteiger charge is -2.06. The van der Waals surface area contributed by atoms with E-state index in [9.17, 15) is 0 Å². The lowest BCUT2D eigenvalue weighted by atomic mass is 10.1. The van der Waals surface area contributed by atoms with Gasteiger partial charge in [0.05, 0.1) is 5.56 Å². The zero-order chi connectivity index (χ0) is 18.6. The van der Waals surface area contributed by atoms with E-state index in [1.807, 2.05) is 42.5 Å². The Morgan fingerprint density at radius 1 is 0.741 bits per heavy atom. The van der Waals surface area contributed by atoms with Crippen molar-refractivity contribution in [3.63, 3.8) is 0 Å². The van der Waals surface area contributed by atoms with Crippen LogP contribution >= 0.6 is 11.8 Å². The number of benzene rings is 3. The maximum atomic E-state index is 5.97. The summed E-state index contributed by atoms with van der Waals surface area (Å²) in [6, 6.07) is 24.9. The number of hydrogen-bond donors (Lipinski definition) is 0. The van der Waals surface area contributed by atoms with E-state index in [0.29, 0.717) is 11.8 Å². The van der Waals surface area contributed by atoms with Gasteiger partial charge in [-0.1, -0.05) is 59.7 Å². The van der Waals surface area contributed by atoms with E-state index in [4.69, 9.17) is 4.42 Å². The average Bonchev–Trinajstić information content (AvgIpc) is 3.18. The number of nitrogens with zero attached hydrogens (tertiary/aromatic N) is 2. The Kier molecular flexibility index (Phi) is 5.07. The predicted molar refractivity (Wildman–Crippen MR) is 111 cm³/mol. The first-order chi connectivity index (χ1) is 13.2. The minimum absolute atomic E-state index is 0.545. The van der Waals surface area contributed by atoms with Crippen LogP contribution in [0.4, 0.5) is 0 Å². The second-order valence-corrected chi connectivity index (χ2v) is 7.57. The Bertz CT molecular complexity index is 1040. The third-order valence-corrected chi connectivity index (χ3v) is 5.50. The molecule has 0 aliphatic rings. The molecular weight excluding hydrogens is 352 g/mol. The van der Waals surface area contributed by atoms with Gasteiger partial charge in [0.1, 0.15) is 0 Å². The first-order valence-electron chi connectivity index (χ1n) is 8.87. The Hall–Kier alpha value is -2.85. The molecule has 4 rings (SSSR count). The van der Waals surface area contributed by atoms with Crippen molar-refractivity contribution in [3.05, 3.63) is 89.5 Å². The summed E-state index contributed by atoms with van der Waals surface area (Å²) in [5, 5.41) is 8.52. The highest BCUT2D eigenvalue weighted by Gasteiger charge is 2.14. The zero-order valence-corrected chi connectivity index (χ0v) is 16.2. The highest BCUT2D eigenvalue weighted by atomic mass is 32.2. The standard InChI is InChI=1S/C23H20N2OS/c1-16-7-11-18(12-8-16)15-27-21-6-4-3-5-20(21)23-25-24-22(26-23)19-13-9-17(2)10-14-19/h3-14H,15H2,1-2H3. The number of rotatable bonds is 5. The maximum Gasteiger partial charge on any atom is 0.249 e. The molecule has 0 amide bonds. The Labute approximate surface area is 163 Å². The fourth-order valence-electron chi connectivity index (χ4n) is 2.76. The third kappa shape index (κ3) is 4.12. The second kappa shape index (κ2) is 7.80. The average molecular weight is 372 g/mol. The lowest BCUT2D eigenvalue weighted by molar-refractivity contribution is 0.583. The molecule has 4 aromatic rings. The topological polar surface area (TPSA) is 38.9 Å². The lowest BCUT2D eigenvalue weighted by Crippen LogP contribution is -1.85. The van der Waals surface area contributed by atoms with Crippen LogP contribution in [0.2, 0.25) is 0 Å². The molecule has 0 fully saturated rings. The van der Waals surface area contributed by atoms with Gasteiger partial charge in [-0.25, -0.2) is 0 Å². The van der Waals surface area contributed by atoms with E-state index in [2.05, 4.69) is 54.4 Å². The molecule has 27 heavy (non-hydrogen) atoms. The molecule has 3 nitrogen and oxygen atoms in total. The molecule has 1 heterocycles. The molecule has 4 heteroatoms. The minimum atomic E-state index is 0.545. The molecule has 0 bridgehead atoms. The summed E-state index contributed by atoms with van der Waals surface area (Å²) in [5.74, 6) is 2.00. The van der Waals surface area contributed by atoms with Gasteiger partial charge in [0.25, 0.3) is 0 Å². The summed E-state index contributed by atoms with van der Waals surface area (Å²) in [6.07, 6.45) is 0. The fourth-order valence-corrected chi connectivity index (χ4v) is 3.76. The van der Waals surface area contributed by atoms with Gasteiger partial charge < -0.3 is 4.42 Å². The van der Waals surface area contributed by atoms with Crippen molar-refractivity contribution in [2.45, 2.75) is 24.5 Å². The normalized spacial score (nSPS) is 10.9. The van der Waals surface area contributed by atoms with E-state index in [1.165, 1.54) is 16.7 Å². The van der Waals surface area contributed by atoms with E-state index in [0.717, 1.165) is 21.8 Å². The molecular formula is C23H20N2OS. The first kappa shape index (κ1) is 17.6. The molecule has 0 aliphatic carbocycles. The minimum Gasteiger partial charge on any atom is -0.416 e. The van der Waals surface area contributed by atoms with E-state index in [-0.39, 0.29) is 0 Å². The predicted octanol–water partition coefficient (Wildman–Crippen LogP) is 6.31. The van der Waals surface area contributed by atoms with Crippen LogP contribution in [0.5, 0.6) is 0 Å². The summed E-state index contributed by atoms with van der Waals surface area (Å²) in [6.45, 7) is 4.16. The molecule has 0 saturated carbocycles. The highest BCUT2D eigenvalue weighted by molar-refractivity contribution is 7.98. The molecule has 0 spiro atoms. The Balaban J connectivity index is 1.57. The SMILES string of the molecule is Cc1ccc(CSc2ccccc2-c2nnc(-c3ccc(C)cc3)o2)cc1. The van der Waals surface area contributed by atoms with Gasteiger partial charge in [0, 0.05) is 16.2 Å². The zero-order valence-electron chi connectivity index (χ0n) is 15.3. The van der Waals surface area contributed by atoms with Gasteiger partial charge in [-0.05, 0) is 43.7 Å². The molecule has 0 aliphatic heterocycles. The van der Waals surface area contributed by atoms with Crippen molar-refractivity contribution in [1.29, 1.82) is 0 Å². The van der Waals surface area contributed by atoms with Crippen LogP contribution in [-0.4, -0.2) is 10.2 Å². The van der Waals surface area contributed by atoms with Crippen LogP contribution in [0.3, 0.4) is 0 Å².